The Kier molecular flexibility index (Phi) is 3.17. The van der Waals surface area contributed by atoms with Gasteiger partial charge in [0, 0.05) is 13.0 Å². The maximum Gasteiger partial charge on any atom is 0.240 e. The molecule has 1 aliphatic heterocycles. The molecule has 2 N–H and O–H groups in total. The molecule has 4 heteroatoms. The van der Waals surface area contributed by atoms with Crippen LogP contribution in [0.1, 0.15) is 39.0 Å². The van der Waals surface area contributed by atoms with Gasteiger partial charge in [0.05, 0.1) is 0 Å². The molecule has 0 unspecified atom stereocenters. The van der Waals surface area contributed by atoms with E-state index in [1.807, 2.05) is 6.92 Å². The van der Waals surface area contributed by atoms with Crippen LogP contribution in [0.4, 0.5) is 0 Å². The summed E-state index contributed by atoms with van der Waals surface area (Å²) in [6.07, 6.45) is 5.02. The van der Waals surface area contributed by atoms with E-state index < -0.39 is 6.04 Å². The molecule has 2 aliphatic rings. The number of primary amides is 1. The summed E-state index contributed by atoms with van der Waals surface area (Å²) >= 11 is 0. The summed E-state index contributed by atoms with van der Waals surface area (Å²) in [4.78, 5) is 24.7. The quantitative estimate of drug-likeness (QED) is 0.754. The van der Waals surface area contributed by atoms with E-state index in [-0.39, 0.29) is 11.8 Å². The van der Waals surface area contributed by atoms with Crippen molar-refractivity contribution in [3.8, 4) is 0 Å². The van der Waals surface area contributed by atoms with Crippen LogP contribution in [0.3, 0.4) is 0 Å². The van der Waals surface area contributed by atoms with E-state index in [0.717, 1.165) is 18.9 Å². The number of carbonyl (C=O) groups is 2. The Morgan fingerprint density at radius 1 is 1.50 bits per heavy atom. The van der Waals surface area contributed by atoms with Crippen LogP contribution >= 0.6 is 0 Å². The van der Waals surface area contributed by atoms with Crippen molar-refractivity contribution >= 4 is 11.8 Å². The highest BCUT2D eigenvalue weighted by Gasteiger charge is 2.38. The molecule has 0 radical (unpaired) electrons. The largest absolute Gasteiger partial charge is 0.368 e. The third-order valence-electron chi connectivity index (χ3n) is 3.69. The summed E-state index contributed by atoms with van der Waals surface area (Å²) in [6.45, 7) is 2.63. The first-order valence-corrected chi connectivity index (χ1v) is 6.20. The highest BCUT2D eigenvalue weighted by atomic mass is 16.2. The van der Waals surface area contributed by atoms with Crippen LogP contribution in [0.2, 0.25) is 0 Å². The summed E-state index contributed by atoms with van der Waals surface area (Å²) in [7, 11) is 0. The molecule has 2 atom stereocenters. The molecule has 1 saturated carbocycles. The third-order valence-corrected chi connectivity index (χ3v) is 3.69. The Hall–Kier alpha value is -1.06. The highest BCUT2D eigenvalue weighted by molar-refractivity contribution is 5.87. The lowest BCUT2D eigenvalue weighted by molar-refractivity contribution is -0.136. The van der Waals surface area contributed by atoms with E-state index in [0.29, 0.717) is 18.8 Å². The van der Waals surface area contributed by atoms with Gasteiger partial charge >= 0.3 is 0 Å². The van der Waals surface area contributed by atoms with Gasteiger partial charge in [-0.25, -0.2) is 0 Å². The van der Waals surface area contributed by atoms with Gasteiger partial charge in [0.25, 0.3) is 0 Å². The van der Waals surface area contributed by atoms with Crippen molar-refractivity contribution in [2.24, 2.45) is 17.6 Å². The lowest BCUT2D eigenvalue weighted by atomic mass is 10.0. The summed E-state index contributed by atoms with van der Waals surface area (Å²) in [5, 5.41) is 0. The molecular weight excluding hydrogens is 204 g/mol. The van der Waals surface area contributed by atoms with Crippen molar-refractivity contribution in [3.05, 3.63) is 0 Å². The van der Waals surface area contributed by atoms with Gasteiger partial charge in [0.15, 0.2) is 0 Å². The van der Waals surface area contributed by atoms with Crippen molar-refractivity contribution in [2.75, 3.05) is 6.54 Å². The Morgan fingerprint density at radius 3 is 2.69 bits per heavy atom. The topological polar surface area (TPSA) is 63.4 Å². The second-order valence-electron chi connectivity index (χ2n) is 5.12. The molecular formula is C12H20N2O2. The number of rotatable bonds is 5. The van der Waals surface area contributed by atoms with E-state index in [2.05, 4.69) is 0 Å². The molecule has 1 saturated heterocycles. The average Bonchev–Trinajstić information content (AvgIpc) is 2.93. The van der Waals surface area contributed by atoms with Gasteiger partial charge in [0.1, 0.15) is 6.04 Å². The lowest BCUT2D eigenvalue weighted by Gasteiger charge is -2.24. The first-order chi connectivity index (χ1) is 7.61. The normalized spacial score (nSPS) is 27.2. The van der Waals surface area contributed by atoms with Crippen LogP contribution in [-0.2, 0) is 9.59 Å². The molecule has 0 aromatic heterocycles. The molecule has 0 aromatic rings. The first-order valence-electron chi connectivity index (χ1n) is 6.20. The molecule has 90 valence electrons. The molecule has 0 aromatic carbocycles. The third kappa shape index (κ3) is 2.36. The standard InChI is InChI=1S/C12H20N2O2/c1-2-10(12(13)16)14-7-9(6-11(14)15)5-8-3-4-8/h8-10H,2-7H2,1H3,(H2,13,16)/t9-,10+/m1/s1. The van der Waals surface area contributed by atoms with Crippen molar-refractivity contribution < 1.29 is 9.59 Å². The zero-order valence-electron chi connectivity index (χ0n) is 9.82. The van der Waals surface area contributed by atoms with E-state index in [1.54, 1.807) is 4.90 Å². The number of amides is 2. The lowest BCUT2D eigenvalue weighted by Crippen LogP contribution is -2.45. The van der Waals surface area contributed by atoms with Gasteiger partial charge in [-0.15, -0.1) is 0 Å². The maximum absolute atomic E-state index is 11.8. The predicted molar refractivity (Wildman–Crippen MR) is 60.4 cm³/mol. The van der Waals surface area contributed by atoms with Gasteiger partial charge in [-0.3, -0.25) is 9.59 Å². The Bertz CT molecular complexity index is 299. The number of hydrogen-bond donors (Lipinski definition) is 1. The van der Waals surface area contributed by atoms with Crippen molar-refractivity contribution in [2.45, 2.75) is 45.1 Å². The predicted octanol–water partition coefficient (Wildman–Crippen LogP) is 0.899. The van der Waals surface area contributed by atoms with Crippen LogP contribution < -0.4 is 5.73 Å². The van der Waals surface area contributed by atoms with Crippen molar-refractivity contribution in [1.29, 1.82) is 0 Å². The highest BCUT2D eigenvalue weighted by Crippen LogP contribution is 2.38. The van der Waals surface area contributed by atoms with E-state index in [1.165, 1.54) is 12.8 Å². The molecule has 1 aliphatic carbocycles. The van der Waals surface area contributed by atoms with Gasteiger partial charge in [0.2, 0.25) is 11.8 Å². The van der Waals surface area contributed by atoms with E-state index >= 15 is 0 Å². The summed E-state index contributed by atoms with van der Waals surface area (Å²) in [5.41, 5.74) is 5.32. The number of nitrogens with zero attached hydrogens (tertiary/aromatic N) is 1. The molecule has 2 amide bonds. The zero-order chi connectivity index (χ0) is 11.7. The Balaban J connectivity index is 1.94. The van der Waals surface area contributed by atoms with Crippen LogP contribution in [0.5, 0.6) is 0 Å². The molecule has 1 heterocycles. The first kappa shape index (κ1) is 11.4. The van der Waals surface area contributed by atoms with Gasteiger partial charge in [-0.2, -0.15) is 0 Å². The Labute approximate surface area is 96.2 Å². The van der Waals surface area contributed by atoms with Crippen molar-refractivity contribution in [1.82, 2.24) is 4.90 Å². The van der Waals surface area contributed by atoms with Crippen molar-refractivity contribution in [3.63, 3.8) is 0 Å². The van der Waals surface area contributed by atoms with Gasteiger partial charge in [-0.05, 0) is 24.7 Å². The smallest absolute Gasteiger partial charge is 0.240 e. The summed E-state index contributed by atoms with van der Waals surface area (Å²) < 4.78 is 0. The van der Waals surface area contributed by atoms with E-state index in [9.17, 15) is 9.59 Å². The van der Waals surface area contributed by atoms with Crippen LogP contribution in [-0.4, -0.2) is 29.3 Å². The van der Waals surface area contributed by atoms with Crippen LogP contribution in [0.25, 0.3) is 0 Å². The summed E-state index contributed by atoms with van der Waals surface area (Å²) in [5.74, 6) is 1.03. The molecule has 2 rings (SSSR count). The second-order valence-corrected chi connectivity index (χ2v) is 5.12. The SMILES string of the molecule is CC[C@@H](C(N)=O)N1C[C@H](CC2CC2)CC1=O. The minimum Gasteiger partial charge on any atom is -0.368 e. The second kappa shape index (κ2) is 4.44. The number of carbonyl (C=O) groups excluding carboxylic acids is 2. The van der Waals surface area contributed by atoms with Crippen LogP contribution in [0.15, 0.2) is 0 Å². The molecule has 0 bridgehead atoms. The zero-order valence-corrected chi connectivity index (χ0v) is 9.82. The number of hydrogen-bond acceptors (Lipinski definition) is 2. The molecule has 2 fully saturated rings. The minimum absolute atomic E-state index is 0.108. The maximum atomic E-state index is 11.8. The van der Waals surface area contributed by atoms with Crippen LogP contribution in [0, 0.1) is 11.8 Å². The summed E-state index contributed by atoms with van der Waals surface area (Å²) in [6, 6.07) is -0.392. The van der Waals surface area contributed by atoms with Gasteiger partial charge < -0.3 is 10.6 Å². The fourth-order valence-corrected chi connectivity index (χ4v) is 2.67. The fourth-order valence-electron chi connectivity index (χ4n) is 2.67. The molecule has 16 heavy (non-hydrogen) atoms. The molecule has 4 nitrogen and oxygen atoms in total. The average molecular weight is 224 g/mol. The fraction of sp³-hybridized carbons (Fsp3) is 0.833. The number of nitrogens with two attached hydrogens (primary N) is 1. The Morgan fingerprint density at radius 2 is 2.19 bits per heavy atom. The molecule has 0 spiro atoms. The monoisotopic (exact) mass is 224 g/mol. The minimum atomic E-state index is -0.392. The number of likely N-dealkylation sites (tertiary alicyclic amines) is 1. The van der Waals surface area contributed by atoms with E-state index in [4.69, 9.17) is 5.73 Å². The van der Waals surface area contributed by atoms with Gasteiger partial charge in [-0.1, -0.05) is 19.8 Å².